The molecule has 8 nitrogen and oxygen atoms in total. The average Bonchev–Trinajstić information content (AvgIpc) is 3.21. The molecule has 3 aromatic rings. The highest BCUT2D eigenvalue weighted by molar-refractivity contribution is 5.18. The van der Waals surface area contributed by atoms with Crippen molar-refractivity contribution >= 4 is 0 Å². The zero-order valence-electron chi connectivity index (χ0n) is 13.5. The number of rotatable bonds is 5. The molecule has 124 valence electrons. The predicted octanol–water partition coefficient (Wildman–Crippen LogP) is 1.53. The fraction of sp³-hybridized carbons (Fsp3) is 0.438. The molecule has 1 unspecified atom stereocenters. The van der Waals surface area contributed by atoms with Crippen molar-refractivity contribution in [2.24, 2.45) is 5.73 Å². The Balaban J connectivity index is 1.69. The van der Waals surface area contributed by atoms with Gasteiger partial charge in [-0.05, 0) is 42.2 Å². The minimum Gasteiger partial charge on any atom is -0.337 e. The van der Waals surface area contributed by atoms with Crippen molar-refractivity contribution in [2.75, 3.05) is 0 Å². The number of hydrogen-bond donors (Lipinski definition) is 1. The van der Waals surface area contributed by atoms with Gasteiger partial charge in [-0.3, -0.25) is 0 Å². The van der Waals surface area contributed by atoms with Crippen LogP contribution < -0.4 is 5.73 Å². The molecular weight excluding hydrogens is 306 g/mol. The van der Waals surface area contributed by atoms with E-state index >= 15 is 0 Å². The van der Waals surface area contributed by atoms with Gasteiger partial charge in [-0.1, -0.05) is 35.5 Å². The first kappa shape index (κ1) is 14.9. The second kappa shape index (κ2) is 5.79. The smallest absolute Gasteiger partial charge is 0.252 e. The Bertz CT molecular complexity index is 822. The minimum atomic E-state index is -0.450. The molecule has 2 aromatic heterocycles. The molecule has 24 heavy (non-hydrogen) atoms. The topological polar surface area (TPSA) is 109 Å². The Morgan fingerprint density at radius 1 is 1.29 bits per heavy atom. The molecule has 1 saturated carbocycles. The molecule has 4 rings (SSSR count). The standard InChI is InChI=1S/C16H19N7O/c1-11-19-21-22-23(11)13(10-12-6-3-2-4-7-12)14-18-15(20-24-14)16(17)8-5-9-16/h2-4,6-7,13H,5,8-10,17H2,1H3. The number of hydrogen-bond acceptors (Lipinski definition) is 7. The van der Waals surface area contributed by atoms with Crippen molar-refractivity contribution in [3.8, 4) is 0 Å². The third kappa shape index (κ3) is 2.58. The van der Waals surface area contributed by atoms with Crippen molar-refractivity contribution in [1.29, 1.82) is 0 Å². The lowest BCUT2D eigenvalue weighted by atomic mass is 9.77. The molecule has 2 N–H and O–H groups in total. The number of tetrazole rings is 1. The normalized spacial score (nSPS) is 17.4. The van der Waals surface area contributed by atoms with E-state index in [-0.39, 0.29) is 6.04 Å². The Morgan fingerprint density at radius 2 is 2.08 bits per heavy atom. The number of nitrogens with zero attached hydrogens (tertiary/aromatic N) is 6. The lowest BCUT2D eigenvalue weighted by Crippen LogP contribution is -2.44. The number of nitrogens with two attached hydrogens (primary N) is 1. The largest absolute Gasteiger partial charge is 0.337 e. The van der Waals surface area contributed by atoms with Gasteiger partial charge in [0.05, 0.1) is 5.54 Å². The molecule has 1 fully saturated rings. The second-order valence-corrected chi connectivity index (χ2v) is 6.34. The lowest BCUT2D eigenvalue weighted by molar-refractivity contribution is 0.228. The zero-order chi connectivity index (χ0) is 16.6. The van der Waals surface area contributed by atoms with Crippen LogP contribution in [0.3, 0.4) is 0 Å². The van der Waals surface area contributed by atoms with E-state index in [1.165, 1.54) is 0 Å². The molecule has 0 spiro atoms. The van der Waals surface area contributed by atoms with Crippen LogP contribution in [-0.4, -0.2) is 30.3 Å². The van der Waals surface area contributed by atoms with Gasteiger partial charge < -0.3 is 10.3 Å². The van der Waals surface area contributed by atoms with Crippen molar-refractivity contribution < 1.29 is 4.52 Å². The first-order valence-corrected chi connectivity index (χ1v) is 8.07. The van der Waals surface area contributed by atoms with Gasteiger partial charge in [0.15, 0.2) is 5.82 Å². The predicted molar refractivity (Wildman–Crippen MR) is 84.9 cm³/mol. The van der Waals surface area contributed by atoms with E-state index in [4.69, 9.17) is 10.3 Å². The maximum Gasteiger partial charge on any atom is 0.252 e. The van der Waals surface area contributed by atoms with Crippen LogP contribution in [0.2, 0.25) is 0 Å². The molecule has 2 heterocycles. The van der Waals surface area contributed by atoms with Crippen molar-refractivity contribution in [1.82, 2.24) is 30.3 Å². The summed E-state index contributed by atoms with van der Waals surface area (Å²) in [7, 11) is 0. The Morgan fingerprint density at radius 3 is 2.71 bits per heavy atom. The van der Waals surface area contributed by atoms with Crippen LogP contribution in [0.4, 0.5) is 0 Å². The fourth-order valence-corrected chi connectivity index (χ4v) is 3.00. The van der Waals surface area contributed by atoms with E-state index in [1.807, 2.05) is 25.1 Å². The Hall–Kier alpha value is -2.61. The van der Waals surface area contributed by atoms with Gasteiger partial charge in [-0.15, -0.1) is 5.10 Å². The fourth-order valence-electron chi connectivity index (χ4n) is 3.00. The van der Waals surface area contributed by atoms with E-state index in [2.05, 4.69) is 37.8 Å². The average molecular weight is 325 g/mol. The summed E-state index contributed by atoms with van der Waals surface area (Å²) in [6.45, 7) is 1.85. The molecule has 1 aromatic carbocycles. The quantitative estimate of drug-likeness (QED) is 0.757. The van der Waals surface area contributed by atoms with Gasteiger partial charge in [-0.2, -0.15) is 4.98 Å². The van der Waals surface area contributed by atoms with E-state index in [0.717, 1.165) is 24.8 Å². The molecule has 0 saturated heterocycles. The van der Waals surface area contributed by atoms with Crippen LogP contribution in [-0.2, 0) is 12.0 Å². The van der Waals surface area contributed by atoms with E-state index in [9.17, 15) is 0 Å². The third-order valence-corrected chi connectivity index (χ3v) is 4.64. The van der Waals surface area contributed by atoms with Crippen molar-refractivity contribution in [3.63, 3.8) is 0 Å². The first-order chi connectivity index (χ1) is 11.7. The molecule has 1 aliphatic rings. The highest BCUT2D eigenvalue weighted by Crippen LogP contribution is 2.37. The van der Waals surface area contributed by atoms with E-state index < -0.39 is 5.54 Å². The zero-order valence-corrected chi connectivity index (χ0v) is 13.5. The van der Waals surface area contributed by atoms with Gasteiger partial charge in [0.2, 0.25) is 0 Å². The van der Waals surface area contributed by atoms with Gasteiger partial charge in [0.25, 0.3) is 5.89 Å². The van der Waals surface area contributed by atoms with Crippen LogP contribution in [0.15, 0.2) is 34.9 Å². The summed E-state index contributed by atoms with van der Waals surface area (Å²) in [6.07, 6.45) is 3.53. The minimum absolute atomic E-state index is 0.257. The molecule has 1 atom stereocenters. The maximum atomic E-state index is 6.31. The SMILES string of the molecule is Cc1nnnn1C(Cc1ccccc1)c1nc(C2(N)CCC2)no1. The summed E-state index contributed by atoms with van der Waals surface area (Å²) >= 11 is 0. The first-order valence-electron chi connectivity index (χ1n) is 8.07. The van der Waals surface area contributed by atoms with Gasteiger partial charge in [0, 0.05) is 6.42 Å². The molecule has 8 heteroatoms. The summed E-state index contributed by atoms with van der Waals surface area (Å²) in [5.41, 5.74) is 7.00. The summed E-state index contributed by atoms with van der Waals surface area (Å²) < 4.78 is 7.26. The third-order valence-electron chi connectivity index (χ3n) is 4.64. The number of benzene rings is 1. The van der Waals surface area contributed by atoms with Crippen LogP contribution in [0.25, 0.3) is 0 Å². The van der Waals surface area contributed by atoms with Crippen molar-refractivity contribution in [2.45, 2.75) is 44.2 Å². The molecule has 0 aliphatic heterocycles. The number of aromatic nitrogens is 6. The highest BCUT2D eigenvalue weighted by Gasteiger charge is 2.40. The van der Waals surface area contributed by atoms with Crippen LogP contribution in [0.5, 0.6) is 0 Å². The van der Waals surface area contributed by atoms with Gasteiger partial charge >= 0.3 is 0 Å². The van der Waals surface area contributed by atoms with Crippen LogP contribution in [0, 0.1) is 6.92 Å². The summed E-state index contributed by atoms with van der Waals surface area (Å²) in [5.74, 6) is 1.76. The second-order valence-electron chi connectivity index (χ2n) is 6.34. The molecule has 0 bridgehead atoms. The Labute approximate surface area is 139 Å². The maximum absolute atomic E-state index is 6.31. The number of aryl methyl sites for hydroxylation is 1. The Kier molecular flexibility index (Phi) is 3.61. The molecular formula is C16H19N7O. The molecule has 0 radical (unpaired) electrons. The summed E-state index contributed by atoms with van der Waals surface area (Å²) in [4.78, 5) is 4.58. The van der Waals surface area contributed by atoms with E-state index in [1.54, 1.807) is 4.68 Å². The van der Waals surface area contributed by atoms with Crippen molar-refractivity contribution in [3.05, 3.63) is 53.4 Å². The summed E-state index contributed by atoms with van der Waals surface area (Å²) in [6, 6.07) is 9.84. The highest BCUT2D eigenvalue weighted by atomic mass is 16.5. The summed E-state index contributed by atoms with van der Waals surface area (Å²) in [5, 5.41) is 15.9. The molecule has 1 aliphatic carbocycles. The molecule has 0 amide bonds. The monoisotopic (exact) mass is 325 g/mol. The van der Waals surface area contributed by atoms with E-state index in [0.29, 0.717) is 24.0 Å². The lowest BCUT2D eigenvalue weighted by Gasteiger charge is -2.34. The van der Waals surface area contributed by atoms with Crippen LogP contribution >= 0.6 is 0 Å². The van der Waals surface area contributed by atoms with Gasteiger partial charge in [0.1, 0.15) is 11.9 Å². The van der Waals surface area contributed by atoms with Gasteiger partial charge in [-0.25, -0.2) is 4.68 Å². The van der Waals surface area contributed by atoms with Crippen LogP contribution in [0.1, 0.15) is 48.4 Å².